The third-order valence-corrected chi connectivity index (χ3v) is 6.41. The van der Waals surface area contributed by atoms with Crippen LogP contribution in [0.15, 0.2) is 48.5 Å². The largest absolute Gasteiger partial charge is 0.454 e. The third-order valence-electron chi connectivity index (χ3n) is 5.31. The van der Waals surface area contributed by atoms with Crippen molar-refractivity contribution in [3.05, 3.63) is 70.2 Å². The highest BCUT2D eigenvalue weighted by atomic mass is 32.1. The molecule has 1 aliphatic heterocycles. The van der Waals surface area contributed by atoms with Gasteiger partial charge in [-0.1, -0.05) is 36.4 Å². The first-order valence-corrected chi connectivity index (χ1v) is 10.5. The number of benzene rings is 2. The van der Waals surface area contributed by atoms with Gasteiger partial charge in [0.15, 0.2) is 17.3 Å². The maximum atomic E-state index is 13.1. The van der Waals surface area contributed by atoms with E-state index >= 15 is 0 Å². The third kappa shape index (κ3) is 3.05. The number of ketones is 2. The predicted molar refractivity (Wildman–Crippen MR) is 120 cm³/mol. The Morgan fingerprint density at radius 3 is 2.55 bits per heavy atom. The first-order chi connectivity index (χ1) is 15.0. The number of aryl methyl sites for hydroxylation is 1. The van der Waals surface area contributed by atoms with E-state index in [0.717, 1.165) is 5.56 Å². The number of carbonyl (C=O) groups is 2. The predicted octanol–water partition coefficient (Wildman–Crippen LogP) is 5.02. The fraction of sp³-hybridized carbons (Fsp3) is 0.125. The zero-order chi connectivity index (χ0) is 21.7. The number of thiophene rings is 1. The number of hydrogen-bond donors (Lipinski definition) is 1. The van der Waals surface area contributed by atoms with Gasteiger partial charge in [0, 0.05) is 22.1 Å². The van der Waals surface area contributed by atoms with Gasteiger partial charge in [0.2, 0.25) is 12.6 Å². The lowest BCUT2D eigenvalue weighted by atomic mass is 9.93. The maximum Gasteiger partial charge on any atom is 0.231 e. The van der Waals surface area contributed by atoms with Crippen molar-refractivity contribution in [2.75, 3.05) is 12.5 Å². The lowest BCUT2D eigenvalue weighted by molar-refractivity contribution is 0.101. The summed E-state index contributed by atoms with van der Waals surface area (Å²) >= 11 is 1.24. The molecule has 0 radical (unpaired) electrons. The molecule has 1 aliphatic rings. The number of fused-ring (bicyclic) bond motifs is 2. The number of rotatable bonds is 4. The molecule has 2 N–H and O–H groups in total. The van der Waals surface area contributed by atoms with Crippen LogP contribution in [0.1, 0.15) is 38.2 Å². The molecule has 154 valence electrons. The first kappa shape index (κ1) is 19.3. The van der Waals surface area contributed by atoms with Gasteiger partial charge in [-0.15, -0.1) is 11.3 Å². The fourth-order valence-corrected chi connectivity index (χ4v) is 5.04. The molecule has 0 saturated heterocycles. The van der Waals surface area contributed by atoms with Gasteiger partial charge in [-0.05, 0) is 31.5 Å². The van der Waals surface area contributed by atoms with Crippen LogP contribution in [0, 0.1) is 6.92 Å². The highest BCUT2D eigenvalue weighted by molar-refractivity contribution is 7.21. The molecule has 0 saturated carbocycles. The Balaban J connectivity index is 1.80. The number of pyridine rings is 1. The monoisotopic (exact) mass is 430 g/mol. The Hall–Kier alpha value is -3.71. The number of ether oxygens (including phenoxy) is 2. The van der Waals surface area contributed by atoms with Crippen LogP contribution in [-0.2, 0) is 0 Å². The van der Waals surface area contributed by atoms with Crippen LogP contribution in [0.3, 0.4) is 0 Å². The normalized spacial score (nSPS) is 12.3. The molecule has 0 spiro atoms. The molecule has 0 bridgehead atoms. The molecule has 31 heavy (non-hydrogen) atoms. The zero-order valence-electron chi connectivity index (χ0n) is 16.9. The van der Waals surface area contributed by atoms with Gasteiger partial charge in [-0.3, -0.25) is 9.59 Å². The number of hydrogen-bond acceptors (Lipinski definition) is 7. The number of anilines is 1. The number of carbonyl (C=O) groups excluding carboxylic acids is 2. The molecule has 2 aromatic heterocycles. The average Bonchev–Trinajstić information content (AvgIpc) is 3.36. The van der Waals surface area contributed by atoms with Gasteiger partial charge in [0.05, 0.1) is 11.4 Å². The van der Waals surface area contributed by atoms with E-state index < -0.39 is 0 Å². The van der Waals surface area contributed by atoms with Crippen LogP contribution in [0.2, 0.25) is 0 Å². The van der Waals surface area contributed by atoms with E-state index in [4.69, 9.17) is 15.2 Å². The quantitative estimate of drug-likeness (QED) is 0.457. The van der Waals surface area contributed by atoms with E-state index in [1.807, 2.05) is 36.4 Å². The molecule has 0 unspecified atom stereocenters. The van der Waals surface area contributed by atoms with Crippen molar-refractivity contribution in [1.29, 1.82) is 0 Å². The maximum absolute atomic E-state index is 13.1. The van der Waals surface area contributed by atoms with E-state index in [1.165, 1.54) is 18.3 Å². The Labute approximate surface area is 182 Å². The minimum Gasteiger partial charge on any atom is -0.454 e. The Kier molecular flexibility index (Phi) is 4.48. The number of nitrogen functional groups attached to an aromatic ring is 1. The Bertz CT molecular complexity index is 1380. The van der Waals surface area contributed by atoms with Crippen molar-refractivity contribution in [1.82, 2.24) is 4.98 Å². The molecule has 0 amide bonds. The van der Waals surface area contributed by atoms with E-state index in [0.29, 0.717) is 54.7 Å². The van der Waals surface area contributed by atoms with Crippen molar-refractivity contribution in [2.24, 2.45) is 0 Å². The second-order valence-corrected chi connectivity index (χ2v) is 8.29. The zero-order valence-corrected chi connectivity index (χ0v) is 17.7. The number of Topliss-reactive ketones (excluding diaryl/α,β-unsaturated/α-hetero) is 1. The van der Waals surface area contributed by atoms with Crippen LogP contribution >= 0.6 is 11.3 Å². The highest BCUT2D eigenvalue weighted by Crippen LogP contribution is 2.45. The van der Waals surface area contributed by atoms with Gasteiger partial charge in [0.25, 0.3) is 0 Å². The summed E-state index contributed by atoms with van der Waals surface area (Å²) in [5.41, 5.74) is 9.90. The smallest absolute Gasteiger partial charge is 0.231 e. The Morgan fingerprint density at radius 2 is 1.81 bits per heavy atom. The molecule has 5 rings (SSSR count). The summed E-state index contributed by atoms with van der Waals surface area (Å²) in [6.07, 6.45) is 0. The standard InChI is InChI=1S/C24H18N2O4S/c1-12-18(13(2)27)19(15-8-9-16-17(10-15)30-11-29-16)20-21(25)23(31-24(20)26-12)22(28)14-6-4-3-5-7-14/h3-10H,11,25H2,1-2H3. The number of nitrogens with two attached hydrogens (primary N) is 1. The molecule has 6 nitrogen and oxygen atoms in total. The van der Waals surface area contributed by atoms with E-state index in [1.54, 1.807) is 19.1 Å². The number of nitrogens with zero attached hydrogens (tertiary/aromatic N) is 1. The summed E-state index contributed by atoms with van der Waals surface area (Å²) in [7, 11) is 0. The topological polar surface area (TPSA) is 91.5 Å². The molecule has 0 aliphatic carbocycles. The van der Waals surface area contributed by atoms with Crippen molar-refractivity contribution in [2.45, 2.75) is 13.8 Å². The molecular formula is C24H18N2O4S. The lowest BCUT2D eigenvalue weighted by Gasteiger charge is -2.13. The highest BCUT2D eigenvalue weighted by Gasteiger charge is 2.26. The van der Waals surface area contributed by atoms with Gasteiger partial charge >= 0.3 is 0 Å². The molecule has 3 heterocycles. The SMILES string of the molecule is CC(=O)c1c(C)nc2sc(C(=O)c3ccccc3)c(N)c2c1-c1ccc2c(c1)OCO2. The van der Waals surface area contributed by atoms with Crippen LogP contribution in [0.25, 0.3) is 21.3 Å². The molecule has 0 fully saturated rings. The van der Waals surface area contributed by atoms with Gasteiger partial charge in [-0.2, -0.15) is 0 Å². The van der Waals surface area contributed by atoms with E-state index in [-0.39, 0.29) is 18.4 Å². The molecule has 2 aromatic carbocycles. The van der Waals surface area contributed by atoms with Crippen molar-refractivity contribution in [3.8, 4) is 22.6 Å². The minimum atomic E-state index is -0.167. The minimum absolute atomic E-state index is 0.124. The van der Waals surface area contributed by atoms with Gasteiger partial charge in [0.1, 0.15) is 9.71 Å². The van der Waals surface area contributed by atoms with Crippen LogP contribution in [-0.4, -0.2) is 23.3 Å². The second kappa shape index (κ2) is 7.21. The van der Waals surface area contributed by atoms with Crippen LogP contribution in [0.5, 0.6) is 11.5 Å². The summed E-state index contributed by atoms with van der Waals surface area (Å²) in [6, 6.07) is 14.5. The summed E-state index contributed by atoms with van der Waals surface area (Å²) in [5, 5.41) is 0.610. The van der Waals surface area contributed by atoms with Crippen molar-refractivity contribution >= 4 is 38.8 Å². The Morgan fingerprint density at radius 1 is 1.06 bits per heavy atom. The molecule has 0 atom stereocenters. The summed E-state index contributed by atoms with van der Waals surface area (Å²) < 4.78 is 10.9. The van der Waals surface area contributed by atoms with Crippen molar-refractivity contribution < 1.29 is 19.1 Å². The van der Waals surface area contributed by atoms with Crippen molar-refractivity contribution in [3.63, 3.8) is 0 Å². The summed E-state index contributed by atoms with van der Waals surface area (Å²) in [5.74, 6) is 0.957. The average molecular weight is 430 g/mol. The summed E-state index contributed by atoms with van der Waals surface area (Å²) in [6.45, 7) is 3.45. The van der Waals surface area contributed by atoms with E-state index in [2.05, 4.69) is 4.98 Å². The van der Waals surface area contributed by atoms with Crippen LogP contribution < -0.4 is 15.2 Å². The molecular weight excluding hydrogens is 412 g/mol. The van der Waals surface area contributed by atoms with Gasteiger partial charge < -0.3 is 15.2 Å². The molecule has 7 heteroatoms. The number of aromatic nitrogens is 1. The fourth-order valence-electron chi connectivity index (χ4n) is 3.93. The van der Waals surface area contributed by atoms with Gasteiger partial charge in [-0.25, -0.2) is 4.98 Å². The van der Waals surface area contributed by atoms with E-state index in [9.17, 15) is 9.59 Å². The van der Waals surface area contributed by atoms with Crippen LogP contribution in [0.4, 0.5) is 5.69 Å². The second-order valence-electron chi connectivity index (χ2n) is 7.29. The summed E-state index contributed by atoms with van der Waals surface area (Å²) in [4.78, 5) is 31.4. The first-order valence-electron chi connectivity index (χ1n) is 9.69. The lowest BCUT2D eigenvalue weighted by Crippen LogP contribution is -2.04. The molecule has 4 aromatic rings.